The Bertz CT molecular complexity index is 931. The molecule has 3 N–H and O–H groups in total. The first-order valence-electron chi connectivity index (χ1n) is 8.74. The highest BCUT2D eigenvalue weighted by atomic mass is 19.1. The van der Waals surface area contributed by atoms with Gasteiger partial charge >= 0.3 is 0 Å². The van der Waals surface area contributed by atoms with Gasteiger partial charge in [-0.1, -0.05) is 12.1 Å². The van der Waals surface area contributed by atoms with Crippen LogP contribution in [0, 0.1) is 11.2 Å². The average molecular weight is 363 g/mol. The van der Waals surface area contributed by atoms with Gasteiger partial charge in [-0.05, 0) is 61.7 Å². The van der Waals surface area contributed by atoms with E-state index < -0.39 is 0 Å². The monoisotopic (exact) mass is 363 g/mol. The van der Waals surface area contributed by atoms with E-state index in [2.05, 4.69) is 21.7 Å². The number of nitrogens with zero attached hydrogens (tertiary/aromatic N) is 3. The summed E-state index contributed by atoms with van der Waals surface area (Å²) in [5, 5.41) is 8.53. The second-order valence-corrected chi connectivity index (χ2v) is 6.46. The maximum Gasteiger partial charge on any atom is 0.123 e. The first-order valence-corrected chi connectivity index (χ1v) is 8.74. The number of rotatable bonds is 4. The maximum absolute atomic E-state index is 14.0. The fraction of sp³-hybridized carbons (Fsp3) is 0.238. The molecule has 3 rings (SSSR count). The zero-order chi connectivity index (χ0) is 19.4. The lowest BCUT2D eigenvalue weighted by atomic mass is 9.76. The molecule has 1 saturated carbocycles. The zero-order valence-electron chi connectivity index (χ0n) is 15.2. The van der Waals surface area contributed by atoms with Crippen LogP contribution in [0.1, 0.15) is 31.2 Å². The summed E-state index contributed by atoms with van der Waals surface area (Å²) in [6.07, 6.45) is 4.54. The van der Waals surface area contributed by atoms with Gasteiger partial charge in [0.2, 0.25) is 0 Å². The van der Waals surface area contributed by atoms with E-state index in [1.807, 2.05) is 19.1 Å². The molecule has 0 bridgehead atoms. The van der Waals surface area contributed by atoms with Gasteiger partial charge in [0.05, 0.1) is 6.67 Å². The smallest absolute Gasteiger partial charge is 0.123 e. The van der Waals surface area contributed by atoms with Crippen LogP contribution in [0.25, 0.3) is 11.1 Å². The number of allylic oxidation sites excluding steroid dienone is 2. The summed E-state index contributed by atoms with van der Waals surface area (Å²) >= 11 is 0. The van der Waals surface area contributed by atoms with Crippen LogP contribution >= 0.6 is 0 Å². The Morgan fingerprint density at radius 1 is 1.37 bits per heavy atom. The Morgan fingerprint density at radius 2 is 2.19 bits per heavy atom. The van der Waals surface area contributed by atoms with Crippen molar-refractivity contribution in [1.82, 2.24) is 4.98 Å². The Balaban J connectivity index is 2.07. The molecule has 1 aromatic heterocycles. The van der Waals surface area contributed by atoms with E-state index in [-0.39, 0.29) is 18.4 Å². The SMILES string of the molecule is C=N/C(C)=C1/C(=N)CC(c2ccc(F)cc2-c2cccnc2)C/C1=N/CN. The van der Waals surface area contributed by atoms with Crippen LogP contribution in [0.5, 0.6) is 0 Å². The standard InChI is InChI=1S/C21H22FN5/c1-13(25-2)21-19(24)8-15(9-20(21)27-12-23)17-6-5-16(22)10-18(17)14-4-3-7-26-11-14/h3-7,10-11,15,24H,2,8-9,12,23H2,1H3/b21-13-,24-19?,27-20-. The van der Waals surface area contributed by atoms with Crippen molar-refractivity contribution in [2.75, 3.05) is 6.67 Å². The summed E-state index contributed by atoms with van der Waals surface area (Å²) in [6, 6.07) is 8.51. The quantitative estimate of drug-likeness (QED) is 0.801. The summed E-state index contributed by atoms with van der Waals surface area (Å²) in [5.41, 5.74) is 10.9. The van der Waals surface area contributed by atoms with Crippen molar-refractivity contribution in [3.05, 3.63) is 65.4 Å². The zero-order valence-corrected chi connectivity index (χ0v) is 15.2. The van der Waals surface area contributed by atoms with Crippen LogP contribution in [0.15, 0.2) is 64.0 Å². The molecule has 1 heterocycles. The normalized spacial score (nSPS) is 20.6. The van der Waals surface area contributed by atoms with E-state index in [9.17, 15) is 4.39 Å². The van der Waals surface area contributed by atoms with Gasteiger partial charge in [0.25, 0.3) is 0 Å². The second kappa shape index (κ2) is 8.14. The molecule has 1 aromatic carbocycles. The van der Waals surface area contributed by atoms with Crippen molar-refractivity contribution in [3.63, 3.8) is 0 Å². The van der Waals surface area contributed by atoms with Crippen LogP contribution in [0.2, 0.25) is 0 Å². The molecule has 27 heavy (non-hydrogen) atoms. The minimum absolute atomic E-state index is 0.0000265. The van der Waals surface area contributed by atoms with Crippen molar-refractivity contribution in [3.8, 4) is 11.1 Å². The van der Waals surface area contributed by atoms with E-state index >= 15 is 0 Å². The third-order valence-corrected chi connectivity index (χ3v) is 4.79. The summed E-state index contributed by atoms with van der Waals surface area (Å²) in [7, 11) is 0. The van der Waals surface area contributed by atoms with Crippen LogP contribution in [0.3, 0.4) is 0 Å². The molecular formula is C21H22FN5. The predicted molar refractivity (Wildman–Crippen MR) is 108 cm³/mol. The number of halogens is 1. The minimum atomic E-state index is -0.299. The Hall–Kier alpha value is -2.99. The van der Waals surface area contributed by atoms with Gasteiger partial charge in [0.15, 0.2) is 0 Å². The van der Waals surface area contributed by atoms with Gasteiger partial charge in [0.1, 0.15) is 5.82 Å². The number of nitrogens with two attached hydrogens (primary N) is 1. The Kier molecular flexibility index (Phi) is 5.66. The van der Waals surface area contributed by atoms with E-state index in [4.69, 9.17) is 11.1 Å². The molecule has 0 spiro atoms. The van der Waals surface area contributed by atoms with Crippen molar-refractivity contribution >= 4 is 18.1 Å². The summed E-state index contributed by atoms with van der Waals surface area (Å²) in [5.74, 6) is -0.299. The molecule has 1 atom stereocenters. The molecule has 0 radical (unpaired) electrons. The number of aromatic nitrogens is 1. The Labute approximate surface area is 158 Å². The molecule has 1 fully saturated rings. The average Bonchev–Trinajstić information content (AvgIpc) is 2.68. The second-order valence-electron chi connectivity index (χ2n) is 6.46. The molecule has 2 aromatic rings. The van der Waals surface area contributed by atoms with Crippen molar-refractivity contribution in [1.29, 1.82) is 5.41 Å². The lowest BCUT2D eigenvalue weighted by Crippen LogP contribution is -2.26. The third kappa shape index (κ3) is 3.90. The van der Waals surface area contributed by atoms with Crippen molar-refractivity contribution in [2.24, 2.45) is 15.7 Å². The van der Waals surface area contributed by atoms with Crippen LogP contribution < -0.4 is 5.73 Å². The van der Waals surface area contributed by atoms with Gasteiger partial charge in [-0.15, -0.1) is 0 Å². The number of hydrogen-bond acceptors (Lipinski definition) is 5. The fourth-order valence-electron chi connectivity index (χ4n) is 3.57. The van der Waals surface area contributed by atoms with Crippen molar-refractivity contribution < 1.29 is 4.39 Å². The lowest BCUT2D eigenvalue weighted by molar-refractivity contribution is 0.625. The number of nitrogens with one attached hydrogen (secondary N) is 1. The van der Waals surface area contributed by atoms with Gasteiger partial charge in [-0.3, -0.25) is 15.0 Å². The van der Waals surface area contributed by atoms with E-state index in [0.29, 0.717) is 24.3 Å². The first kappa shape index (κ1) is 18.8. The molecule has 138 valence electrons. The summed E-state index contributed by atoms with van der Waals surface area (Å²) < 4.78 is 14.0. The molecule has 0 aliphatic heterocycles. The van der Waals surface area contributed by atoms with Gasteiger partial charge in [-0.2, -0.15) is 0 Å². The molecular weight excluding hydrogens is 341 g/mol. The lowest BCUT2D eigenvalue weighted by Gasteiger charge is -2.29. The van der Waals surface area contributed by atoms with Gasteiger partial charge < -0.3 is 11.1 Å². The molecule has 0 saturated heterocycles. The molecule has 0 amide bonds. The predicted octanol–water partition coefficient (Wildman–Crippen LogP) is 4.12. The highest BCUT2D eigenvalue weighted by Crippen LogP contribution is 2.38. The van der Waals surface area contributed by atoms with E-state index in [0.717, 1.165) is 28.0 Å². The molecule has 5 nitrogen and oxygen atoms in total. The van der Waals surface area contributed by atoms with Gasteiger partial charge in [-0.25, -0.2) is 4.39 Å². The number of aliphatic imine (C=N–C) groups is 2. The topological polar surface area (TPSA) is 87.5 Å². The largest absolute Gasteiger partial charge is 0.312 e. The number of benzene rings is 1. The fourth-order valence-corrected chi connectivity index (χ4v) is 3.57. The molecule has 6 heteroatoms. The minimum Gasteiger partial charge on any atom is -0.312 e. The first-order chi connectivity index (χ1) is 13.0. The molecule has 1 aliphatic carbocycles. The maximum atomic E-state index is 14.0. The van der Waals surface area contributed by atoms with E-state index in [1.165, 1.54) is 12.1 Å². The van der Waals surface area contributed by atoms with Crippen LogP contribution in [-0.2, 0) is 0 Å². The summed E-state index contributed by atoms with van der Waals surface area (Å²) in [4.78, 5) is 12.5. The molecule has 1 aliphatic rings. The van der Waals surface area contributed by atoms with E-state index in [1.54, 1.807) is 18.5 Å². The van der Waals surface area contributed by atoms with Gasteiger partial charge in [0, 0.05) is 40.7 Å². The van der Waals surface area contributed by atoms with Crippen LogP contribution in [-0.4, -0.2) is 29.8 Å². The highest BCUT2D eigenvalue weighted by molar-refractivity contribution is 6.26. The molecule has 1 unspecified atom stereocenters. The van der Waals surface area contributed by atoms with Crippen LogP contribution in [0.4, 0.5) is 4.39 Å². The Morgan fingerprint density at radius 3 is 2.85 bits per heavy atom. The highest BCUT2D eigenvalue weighted by Gasteiger charge is 2.30. The number of pyridine rings is 1. The summed E-state index contributed by atoms with van der Waals surface area (Å²) in [6.45, 7) is 5.53. The number of hydrogen-bond donors (Lipinski definition) is 2. The van der Waals surface area contributed by atoms with Crippen molar-refractivity contribution in [2.45, 2.75) is 25.7 Å². The third-order valence-electron chi connectivity index (χ3n) is 4.79.